The predicted octanol–water partition coefficient (Wildman–Crippen LogP) is 3.08. The van der Waals surface area contributed by atoms with Gasteiger partial charge in [0.15, 0.2) is 5.78 Å². The Labute approximate surface area is 284 Å². The zero-order valence-corrected chi connectivity index (χ0v) is 29.0. The number of carbonyl (C=O) groups is 5. The van der Waals surface area contributed by atoms with E-state index in [1.54, 1.807) is 19.9 Å². The van der Waals surface area contributed by atoms with E-state index in [1.165, 1.54) is 21.0 Å². The second kappa shape index (κ2) is 10.0. The van der Waals surface area contributed by atoms with Gasteiger partial charge in [0.1, 0.15) is 30.5 Å². The number of aliphatic hydroxyl groups excluding tert-OH is 1. The first kappa shape index (κ1) is 32.6. The number of ketones is 1. The van der Waals surface area contributed by atoms with E-state index in [4.69, 9.17) is 18.9 Å². The highest BCUT2D eigenvalue weighted by atomic mass is 16.6. The minimum atomic E-state index is -1.44. The van der Waals surface area contributed by atoms with Crippen LogP contribution in [0.3, 0.4) is 0 Å². The fourth-order valence-electron chi connectivity index (χ4n) is 12.1. The third-order valence-corrected chi connectivity index (χ3v) is 14.6. The Morgan fingerprint density at radius 3 is 2.35 bits per heavy atom. The fraction of sp³-hybridized carbons (Fsp3) is 0.658. The highest BCUT2D eigenvalue weighted by molar-refractivity contribution is 6.09. The van der Waals surface area contributed by atoms with Gasteiger partial charge in [-0.25, -0.2) is 14.4 Å². The number of ether oxygens (including phenoxy) is 4. The lowest BCUT2D eigenvalue weighted by atomic mass is 9.42. The van der Waals surface area contributed by atoms with Crippen molar-refractivity contribution in [1.82, 2.24) is 0 Å². The van der Waals surface area contributed by atoms with Crippen LogP contribution < -0.4 is 0 Å². The van der Waals surface area contributed by atoms with Crippen molar-refractivity contribution in [3.63, 3.8) is 0 Å². The fourth-order valence-corrected chi connectivity index (χ4v) is 12.1. The SMILES string of the molecule is C/C=C(\C)C(=O)OC[C@@]1(O)[C@@H]2C[C@@H]2[C@]2(C)[C@@H]1CC1=C(COC(C)=O)C(=O)O[C@]13[C@H]1C4=C(C[C@@H]32)[C@@H]2C[C@@H]2[C@@]4(C)[C@H](O)C(=O)/C1=C(/C)C(=O)OC. The molecule has 262 valence electrons. The Bertz CT molecular complexity index is 1800. The number of fused-ring (bicyclic) bond motifs is 7. The number of esters is 4. The van der Waals surface area contributed by atoms with Gasteiger partial charge < -0.3 is 29.2 Å². The third kappa shape index (κ3) is 3.73. The molecule has 0 amide bonds. The van der Waals surface area contributed by atoms with Crippen LogP contribution in [-0.4, -0.2) is 77.5 Å². The van der Waals surface area contributed by atoms with Crippen LogP contribution in [0.1, 0.15) is 67.2 Å². The number of hydrogen-bond acceptors (Lipinski definition) is 11. The lowest BCUT2D eigenvalue weighted by molar-refractivity contribution is -0.191. The average molecular weight is 677 g/mol. The maximum atomic E-state index is 14.5. The van der Waals surface area contributed by atoms with Gasteiger partial charge in [-0.3, -0.25) is 9.59 Å². The number of Topliss-reactive ketones (excluding diaryl/α,β-unsaturated/α-hetero) is 1. The van der Waals surface area contributed by atoms with Crippen molar-refractivity contribution in [2.75, 3.05) is 20.3 Å². The quantitative estimate of drug-likeness (QED) is 0.184. The van der Waals surface area contributed by atoms with E-state index in [9.17, 15) is 34.2 Å². The molecule has 11 heteroatoms. The largest absolute Gasteiger partial charge is 0.466 e. The summed E-state index contributed by atoms with van der Waals surface area (Å²) in [6.07, 6.45) is 2.50. The lowest BCUT2D eigenvalue weighted by Crippen LogP contribution is -2.67. The molecule has 8 rings (SSSR count). The van der Waals surface area contributed by atoms with Gasteiger partial charge in [-0.1, -0.05) is 25.5 Å². The van der Waals surface area contributed by atoms with Crippen molar-refractivity contribution in [3.8, 4) is 0 Å². The molecule has 0 aromatic rings. The van der Waals surface area contributed by atoms with Crippen LogP contribution in [0.2, 0.25) is 0 Å². The van der Waals surface area contributed by atoms with Crippen LogP contribution in [0, 0.1) is 52.3 Å². The number of carbonyl (C=O) groups excluding carboxylic acids is 5. The summed E-state index contributed by atoms with van der Waals surface area (Å²) in [6, 6.07) is 0. The van der Waals surface area contributed by atoms with Crippen LogP contribution in [0.4, 0.5) is 0 Å². The van der Waals surface area contributed by atoms with Crippen LogP contribution in [-0.2, 0) is 42.9 Å². The first-order valence-corrected chi connectivity index (χ1v) is 17.4. The molecule has 1 aliphatic heterocycles. The van der Waals surface area contributed by atoms with Crippen LogP contribution in [0.25, 0.3) is 0 Å². The second-order valence-corrected chi connectivity index (χ2v) is 16.2. The van der Waals surface area contributed by atoms with Gasteiger partial charge in [0.05, 0.1) is 18.6 Å². The molecular weight excluding hydrogens is 632 g/mol. The van der Waals surface area contributed by atoms with Crippen molar-refractivity contribution in [3.05, 3.63) is 45.1 Å². The number of hydrogen-bond donors (Lipinski definition) is 2. The molecular formula is C38H44O11. The van der Waals surface area contributed by atoms with Crippen molar-refractivity contribution in [2.45, 2.75) is 84.5 Å². The molecule has 0 bridgehead atoms. The number of rotatable bonds is 6. The molecule has 0 aromatic heterocycles. The van der Waals surface area contributed by atoms with Crippen molar-refractivity contribution in [1.29, 1.82) is 0 Å². The summed E-state index contributed by atoms with van der Waals surface area (Å²) < 4.78 is 23.0. The molecule has 0 saturated heterocycles. The van der Waals surface area contributed by atoms with Crippen LogP contribution in [0.15, 0.2) is 45.1 Å². The number of allylic oxidation sites excluding steroid dienone is 2. The zero-order valence-electron chi connectivity index (χ0n) is 29.0. The Morgan fingerprint density at radius 2 is 1.69 bits per heavy atom. The molecule has 12 atom stereocenters. The van der Waals surface area contributed by atoms with E-state index in [0.29, 0.717) is 24.0 Å². The van der Waals surface area contributed by atoms with Crippen LogP contribution in [0.5, 0.6) is 0 Å². The highest BCUT2D eigenvalue weighted by Gasteiger charge is 2.84. The van der Waals surface area contributed by atoms with E-state index in [1.807, 2.05) is 6.92 Å². The summed E-state index contributed by atoms with van der Waals surface area (Å²) in [6.45, 7) is 9.67. The van der Waals surface area contributed by atoms with Gasteiger partial charge in [0, 0.05) is 40.9 Å². The smallest absolute Gasteiger partial charge is 0.338 e. The zero-order chi connectivity index (χ0) is 35.3. The molecule has 7 aliphatic carbocycles. The summed E-state index contributed by atoms with van der Waals surface area (Å²) in [4.78, 5) is 66.8. The van der Waals surface area contributed by atoms with Gasteiger partial charge in [-0.2, -0.15) is 0 Å². The van der Waals surface area contributed by atoms with E-state index in [0.717, 1.165) is 17.6 Å². The second-order valence-electron chi connectivity index (χ2n) is 16.2. The first-order chi connectivity index (χ1) is 23.0. The van der Waals surface area contributed by atoms with Gasteiger partial charge in [-0.05, 0) is 86.7 Å². The minimum absolute atomic E-state index is 0.0209. The molecule has 8 aliphatic rings. The monoisotopic (exact) mass is 676 g/mol. The maximum absolute atomic E-state index is 14.5. The van der Waals surface area contributed by atoms with Crippen molar-refractivity contribution in [2.24, 2.45) is 52.3 Å². The lowest BCUT2D eigenvalue weighted by Gasteiger charge is -2.63. The van der Waals surface area contributed by atoms with E-state index in [-0.39, 0.29) is 60.0 Å². The maximum Gasteiger partial charge on any atom is 0.338 e. The molecule has 0 aromatic carbocycles. The number of aliphatic hydroxyl groups is 2. The number of methoxy groups -OCH3 is 1. The molecule has 5 fully saturated rings. The Morgan fingerprint density at radius 1 is 0.980 bits per heavy atom. The van der Waals surface area contributed by atoms with E-state index in [2.05, 4.69) is 6.92 Å². The summed E-state index contributed by atoms with van der Waals surface area (Å²) in [5, 5.41) is 24.4. The average Bonchev–Trinajstić information content (AvgIpc) is 3.98. The standard InChI is InChI=1S/C38H44O11/c1-8-15(2)32(42)48-14-37(45)24-11-23(24)35(5)25(37)12-22-20(13-47-17(4)39)34(44)49-38(22)26(35)10-19-18-9-21(18)36(6)28(19)29(38)27(30(40)31(36)41)16(3)33(43)46-7/h8,18,21,23-26,29,31,41,45H,9-14H2,1-7H3/b15-8+,27-16-/t18-,21-,23-,24+,25-,26+,29+,31+,35+,36+,37+,38+/m0/s1. The highest BCUT2D eigenvalue weighted by Crippen LogP contribution is 2.83. The molecule has 1 heterocycles. The van der Waals surface area contributed by atoms with Gasteiger partial charge >= 0.3 is 23.9 Å². The Balaban J connectivity index is 1.37. The summed E-state index contributed by atoms with van der Waals surface area (Å²) in [5.74, 6) is -4.77. The first-order valence-electron chi connectivity index (χ1n) is 17.4. The van der Waals surface area contributed by atoms with Gasteiger partial charge in [0.2, 0.25) is 0 Å². The molecule has 0 unspecified atom stereocenters. The van der Waals surface area contributed by atoms with E-state index < -0.39 is 75.6 Å². The molecule has 11 nitrogen and oxygen atoms in total. The summed E-state index contributed by atoms with van der Waals surface area (Å²) >= 11 is 0. The van der Waals surface area contributed by atoms with Crippen molar-refractivity contribution >= 4 is 29.7 Å². The molecule has 0 radical (unpaired) electrons. The minimum Gasteiger partial charge on any atom is -0.466 e. The van der Waals surface area contributed by atoms with E-state index >= 15 is 0 Å². The summed E-state index contributed by atoms with van der Waals surface area (Å²) in [7, 11) is 1.24. The molecule has 1 spiro atoms. The molecule has 2 N–H and O–H groups in total. The van der Waals surface area contributed by atoms with Gasteiger partial charge in [-0.15, -0.1) is 0 Å². The Kier molecular flexibility index (Phi) is 6.67. The normalized spacial score (nSPS) is 46.1. The third-order valence-electron chi connectivity index (χ3n) is 14.6. The van der Waals surface area contributed by atoms with Gasteiger partial charge in [0.25, 0.3) is 0 Å². The summed E-state index contributed by atoms with van der Waals surface area (Å²) in [5.41, 5.74) is -1.10. The molecule has 5 saturated carbocycles. The molecule has 49 heavy (non-hydrogen) atoms. The van der Waals surface area contributed by atoms with Crippen molar-refractivity contribution < 1.29 is 53.1 Å². The van der Waals surface area contributed by atoms with Crippen LogP contribution >= 0.6 is 0 Å². The predicted molar refractivity (Wildman–Crippen MR) is 170 cm³/mol. The Hall–Kier alpha value is -3.57. The topological polar surface area (TPSA) is 163 Å².